The Bertz CT molecular complexity index is 560. The molecule has 1 aromatic heterocycles. The minimum absolute atomic E-state index is 0.296. The largest absolute Gasteiger partial charge is 0.478 e. The molecule has 0 saturated carbocycles. The lowest BCUT2D eigenvalue weighted by Gasteiger charge is -1.94. The first-order valence-corrected chi connectivity index (χ1v) is 5.65. The molecular weight excluding hydrogens is 241 g/mol. The van der Waals surface area contributed by atoms with Gasteiger partial charge in [0.05, 0.1) is 5.69 Å². The number of halogens is 1. The Morgan fingerprint density at radius 2 is 2.06 bits per heavy atom. The number of carboxylic acid groups (broad SMARTS) is 1. The van der Waals surface area contributed by atoms with E-state index < -0.39 is 5.97 Å². The second kappa shape index (κ2) is 4.88. The van der Waals surface area contributed by atoms with Gasteiger partial charge in [-0.3, -0.25) is 0 Å². The van der Waals surface area contributed by atoms with E-state index >= 15 is 0 Å². The zero-order valence-corrected chi connectivity index (χ0v) is 9.45. The summed E-state index contributed by atoms with van der Waals surface area (Å²) in [6.07, 6.45) is 2.47. The highest BCUT2D eigenvalue weighted by Crippen LogP contribution is 2.22. The van der Waals surface area contributed by atoms with Crippen molar-refractivity contribution < 1.29 is 14.3 Å². The minimum Gasteiger partial charge on any atom is -0.478 e. The Morgan fingerprint density at radius 1 is 1.35 bits per heavy atom. The highest BCUT2D eigenvalue weighted by Gasteiger charge is 2.03. The van der Waals surface area contributed by atoms with Gasteiger partial charge in [-0.25, -0.2) is 14.2 Å². The molecule has 86 valence electrons. The number of hydrogen-bond donors (Lipinski definition) is 1. The van der Waals surface area contributed by atoms with Gasteiger partial charge in [-0.15, -0.1) is 11.3 Å². The summed E-state index contributed by atoms with van der Waals surface area (Å²) < 4.78 is 12.7. The van der Waals surface area contributed by atoms with Gasteiger partial charge in [-0.1, -0.05) is 0 Å². The zero-order chi connectivity index (χ0) is 12.3. The molecule has 0 saturated heterocycles. The van der Waals surface area contributed by atoms with E-state index in [-0.39, 0.29) is 5.82 Å². The van der Waals surface area contributed by atoms with Crippen LogP contribution < -0.4 is 0 Å². The Labute approximate surface area is 101 Å². The summed E-state index contributed by atoms with van der Waals surface area (Å²) in [4.78, 5) is 14.6. The van der Waals surface area contributed by atoms with Crippen LogP contribution in [0.15, 0.2) is 35.7 Å². The first-order valence-electron chi connectivity index (χ1n) is 4.77. The minimum atomic E-state index is -1.01. The fourth-order valence-electron chi connectivity index (χ4n) is 1.26. The zero-order valence-electron chi connectivity index (χ0n) is 8.63. The van der Waals surface area contributed by atoms with Crippen LogP contribution in [0.5, 0.6) is 0 Å². The molecular formula is C12H8FNO2S. The molecule has 0 aliphatic rings. The molecule has 0 bridgehead atoms. The van der Waals surface area contributed by atoms with E-state index in [9.17, 15) is 9.18 Å². The van der Waals surface area contributed by atoms with Crippen molar-refractivity contribution in [3.05, 3.63) is 46.5 Å². The highest BCUT2D eigenvalue weighted by molar-refractivity contribution is 7.10. The number of hydrogen-bond acceptors (Lipinski definition) is 3. The van der Waals surface area contributed by atoms with Crippen molar-refractivity contribution in [3.63, 3.8) is 0 Å². The summed E-state index contributed by atoms with van der Waals surface area (Å²) in [5.74, 6) is -1.31. The van der Waals surface area contributed by atoms with Gasteiger partial charge in [0.15, 0.2) is 0 Å². The van der Waals surface area contributed by atoms with Crippen LogP contribution in [-0.2, 0) is 4.79 Å². The van der Waals surface area contributed by atoms with E-state index in [0.29, 0.717) is 10.7 Å². The Hall–Kier alpha value is -2.01. The summed E-state index contributed by atoms with van der Waals surface area (Å²) in [5.41, 5.74) is 1.51. The van der Waals surface area contributed by atoms with Crippen molar-refractivity contribution in [2.75, 3.05) is 0 Å². The standard InChI is InChI=1S/C12H8FNO2S/c13-9-3-1-8(2-4-9)10-7-17-11(14-10)5-6-12(15)16/h1-7H,(H,15,16)/b6-5+. The Balaban J connectivity index is 2.23. The molecule has 0 aliphatic heterocycles. The van der Waals surface area contributed by atoms with Gasteiger partial charge in [0.25, 0.3) is 0 Å². The maximum Gasteiger partial charge on any atom is 0.328 e. The van der Waals surface area contributed by atoms with E-state index in [2.05, 4.69) is 4.98 Å². The second-order valence-electron chi connectivity index (χ2n) is 3.25. The van der Waals surface area contributed by atoms with Crippen molar-refractivity contribution >= 4 is 23.4 Å². The smallest absolute Gasteiger partial charge is 0.328 e. The van der Waals surface area contributed by atoms with Gasteiger partial charge in [0.1, 0.15) is 10.8 Å². The van der Waals surface area contributed by atoms with Crippen molar-refractivity contribution in [3.8, 4) is 11.3 Å². The summed E-state index contributed by atoms with van der Waals surface area (Å²) in [6, 6.07) is 5.99. The van der Waals surface area contributed by atoms with Crippen LogP contribution >= 0.6 is 11.3 Å². The van der Waals surface area contributed by atoms with Crippen molar-refractivity contribution in [2.24, 2.45) is 0 Å². The van der Waals surface area contributed by atoms with Crippen molar-refractivity contribution in [1.29, 1.82) is 0 Å². The van der Waals surface area contributed by atoms with Gasteiger partial charge in [-0.05, 0) is 30.3 Å². The molecule has 17 heavy (non-hydrogen) atoms. The summed E-state index contributed by atoms with van der Waals surface area (Å²) in [7, 11) is 0. The molecule has 0 spiro atoms. The third kappa shape index (κ3) is 2.98. The number of carboxylic acids is 1. The maximum atomic E-state index is 12.7. The molecule has 2 aromatic rings. The van der Waals surface area contributed by atoms with Crippen LogP contribution in [0.25, 0.3) is 17.3 Å². The predicted molar refractivity (Wildman–Crippen MR) is 64.2 cm³/mol. The SMILES string of the molecule is O=C(O)/C=C/c1nc(-c2ccc(F)cc2)cs1. The highest BCUT2D eigenvalue weighted by atomic mass is 32.1. The fraction of sp³-hybridized carbons (Fsp3) is 0. The first kappa shape index (κ1) is 11.5. The average molecular weight is 249 g/mol. The molecule has 1 N–H and O–H groups in total. The number of benzene rings is 1. The lowest BCUT2D eigenvalue weighted by atomic mass is 10.2. The van der Waals surface area contributed by atoms with Crippen LogP contribution in [-0.4, -0.2) is 16.1 Å². The Kier molecular flexibility index (Phi) is 3.30. The second-order valence-corrected chi connectivity index (χ2v) is 4.14. The van der Waals surface area contributed by atoms with E-state index in [1.165, 1.54) is 29.5 Å². The molecule has 0 radical (unpaired) electrons. The summed E-state index contributed by atoms with van der Waals surface area (Å²) in [5, 5.41) is 10.9. The van der Waals surface area contributed by atoms with Crippen molar-refractivity contribution in [2.45, 2.75) is 0 Å². The van der Waals surface area contributed by atoms with Crippen LogP contribution in [0.2, 0.25) is 0 Å². The summed E-state index contributed by atoms with van der Waals surface area (Å²) >= 11 is 1.34. The molecule has 0 unspecified atom stereocenters. The van der Waals surface area contributed by atoms with E-state index in [0.717, 1.165) is 11.6 Å². The summed E-state index contributed by atoms with van der Waals surface area (Å²) in [6.45, 7) is 0. The molecule has 0 amide bonds. The van der Waals surface area contributed by atoms with E-state index in [1.54, 1.807) is 17.5 Å². The van der Waals surface area contributed by atoms with Crippen LogP contribution in [0.1, 0.15) is 5.01 Å². The fourth-order valence-corrected chi connectivity index (χ4v) is 1.98. The van der Waals surface area contributed by atoms with Crippen molar-refractivity contribution in [1.82, 2.24) is 4.98 Å². The van der Waals surface area contributed by atoms with Crippen LogP contribution in [0.3, 0.4) is 0 Å². The molecule has 0 aliphatic carbocycles. The van der Waals surface area contributed by atoms with Gasteiger partial charge < -0.3 is 5.11 Å². The first-order chi connectivity index (χ1) is 8.15. The third-order valence-corrected chi connectivity index (χ3v) is 2.84. The van der Waals surface area contributed by atoms with Crippen LogP contribution in [0, 0.1) is 5.82 Å². The number of thiazole rings is 1. The molecule has 0 atom stereocenters. The Morgan fingerprint density at radius 3 is 2.71 bits per heavy atom. The van der Waals surface area contributed by atoms with Crippen LogP contribution in [0.4, 0.5) is 4.39 Å². The van der Waals surface area contributed by atoms with E-state index in [4.69, 9.17) is 5.11 Å². The number of rotatable bonds is 3. The number of carbonyl (C=O) groups is 1. The normalized spacial score (nSPS) is 10.9. The predicted octanol–water partition coefficient (Wildman–Crippen LogP) is 3.05. The maximum absolute atomic E-state index is 12.7. The molecule has 1 heterocycles. The van der Waals surface area contributed by atoms with Gasteiger partial charge in [0.2, 0.25) is 0 Å². The van der Waals surface area contributed by atoms with E-state index in [1.807, 2.05) is 0 Å². The lowest BCUT2D eigenvalue weighted by Crippen LogP contribution is -1.85. The molecule has 3 nitrogen and oxygen atoms in total. The number of nitrogens with zero attached hydrogens (tertiary/aromatic N) is 1. The third-order valence-electron chi connectivity index (χ3n) is 2.03. The van der Waals surface area contributed by atoms with Gasteiger partial charge in [0, 0.05) is 17.0 Å². The lowest BCUT2D eigenvalue weighted by molar-refractivity contribution is -0.131. The van der Waals surface area contributed by atoms with Gasteiger partial charge in [-0.2, -0.15) is 0 Å². The molecule has 0 fully saturated rings. The van der Waals surface area contributed by atoms with Gasteiger partial charge >= 0.3 is 5.97 Å². The quantitative estimate of drug-likeness (QED) is 0.850. The molecule has 5 heteroatoms. The number of aliphatic carboxylic acids is 1. The topological polar surface area (TPSA) is 50.2 Å². The monoisotopic (exact) mass is 249 g/mol. The molecule has 2 rings (SSSR count). The molecule has 1 aromatic carbocycles. The number of aromatic nitrogens is 1. The average Bonchev–Trinajstić information content (AvgIpc) is 2.76.